The van der Waals surface area contributed by atoms with Crippen molar-refractivity contribution in [1.29, 1.82) is 0 Å². The molecule has 1 aliphatic rings. The summed E-state index contributed by atoms with van der Waals surface area (Å²) in [5.74, 6) is 1.31. The van der Waals surface area contributed by atoms with E-state index in [0.717, 1.165) is 25.1 Å². The first kappa shape index (κ1) is 17.7. The van der Waals surface area contributed by atoms with Gasteiger partial charge in [0, 0.05) is 13.0 Å². The van der Waals surface area contributed by atoms with E-state index in [-0.39, 0.29) is 5.91 Å². The van der Waals surface area contributed by atoms with Gasteiger partial charge in [0.25, 0.3) is 0 Å². The van der Waals surface area contributed by atoms with Crippen molar-refractivity contribution in [1.82, 2.24) is 10.6 Å². The fourth-order valence-electron chi connectivity index (χ4n) is 2.48. The Balaban J connectivity index is 0.000000677. The summed E-state index contributed by atoms with van der Waals surface area (Å²) >= 11 is 0. The molecule has 1 heterocycles. The summed E-state index contributed by atoms with van der Waals surface area (Å²) in [5, 5.41) is 6.37. The highest BCUT2D eigenvalue weighted by Crippen LogP contribution is 2.21. The zero-order valence-electron chi connectivity index (χ0n) is 13.7. The van der Waals surface area contributed by atoms with Gasteiger partial charge in [-0.3, -0.25) is 4.79 Å². The number of benzene rings is 1. The molecule has 1 aromatic rings. The molecule has 0 radical (unpaired) electrons. The highest BCUT2D eigenvalue weighted by Gasteiger charge is 2.23. The fraction of sp³-hybridized carbons (Fsp3) is 0.611. The van der Waals surface area contributed by atoms with Crippen LogP contribution in [0.15, 0.2) is 30.3 Å². The molecule has 0 spiro atoms. The second-order valence-electron chi connectivity index (χ2n) is 5.90. The smallest absolute Gasteiger partial charge is 0.220 e. The van der Waals surface area contributed by atoms with Gasteiger partial charge in [-0.25, -0.2) is 0 Å². The summed E-state index contributed by atoms with van der Waals surface area (Å²) in [6.07, 6.45) is 3.02. The molecule has 21 heavy (non-hydrogen) atoms. The third-order valence-corrected chi connectivity index (χ3v) is 3.74. The zero-order chi connectivity index (χ0) is 15.5. The van der Waals surface area contributed by atoms with Crippen molar-refractivity contribution < 1.29 is 4.79 Å². The van der Waals surface area contributed by atoms with Crippen molar-refractivity contribution in [2.75, 3.05) is 13.1 Å². The Hall–Kier alpha value is -1.35. The minimum Gasteiger partial charge on any atom is -0.352 e. The van der Waals surface area contributed by atoms with Crippen molar-refractivity contribution in [2.45, 2.75) is 46.6 Å². The van der Waals surface area contributed by atoms with Crippen LogP contribution in [0.3, 0.4) is 0 Å². The number of amides is 1. The third kappa shape index (κ3) is 7.28. The third-order valence-electron chi connectivity index (χ3n) is 3.74. The van der Waals surface area contributed by atoms with Crippen LogP contribution in [0.4, 0.5) is 0 Å². The summed E-state index contributed by atoms with van der Waals surface area (Å²) in [7, 11) is 0. The van der Waals surface area contributed by atoms with E-state index in [0.29, 0.717) is 24.8 Å². The first-order chi connectivity index (χ1) is 10.2. The van der Waals surface area contributed by atoms with E-state index in [2.05, 4.69) is 31.4 Å². The van der Waals surface area contributed by atoms with E-state index >= 15 is 0 Å². The molecule has 1 fully saturated rings. The molecule has 2 N–H and O–H groups in total. The maximum Gasteiger partial charge on any atom is 0.220 e. The molecule has 0 aromatic heterocycles. The fourth-order valence-corrected chi connectivity index (χ4v) is 2.48. The Morgan fingerprint density at radius 1 is 1.29 bits per heavy atom. The molecule has 3 nitrogen and oxygen atoms in total. The number of hydrogen-bond acceptors (Lipinski definition) is 2. The van der Waals surface area contributed by atoms with Crippen LogP contribution in [-0.4, -0.2) is 19.0 Å². The SMILES string of the molecule is CCC.C[C@@H]1CNCC[C@H]1CC(=O)NCc1ccccc1. The highest BCUT2D eigenvalue weighted by atomic mass is 16.1. The summed E-state index contributed by atoms with van der Waals surface area (Å²) in [4.78, 5) is 11.9. The van der Waals surface area contributed by atoms with Crippen LogP contribution in [0.5, 0.6) is 0 Å². The topological polar surface area (TPSA) is 41.1 Å². The molecular weight excluding hydrogens is 260 g/mol. The van der Waals surface area contributed by atoms with E-state index in [9.17, 15) is 4.79 Å². The maximum absolute atomic E-state index is 11.9. The van der Waals surface area contributed by atoms with Gasteiger partial charge in [0.2, 0.25) is 5.91 Å². The molecule has 2 rings (SSSR count). The summed E-state index contributed by atoms with van der Waals surface area (Å²) in [6.45, 7) is 9.19. The summed E-state index contributed by atoms with van der Waals surface area (Å²) < 4.78 is 0. The quantitative estimate of drug-likeness (QED) is 0.893. The predicted octanol–water partition coefficient (Wildman–Crippen LogP) is 3.35. The zero-order valence-corrected chi connectivity index (χ0v) is 13.7. The monoisotopic (exact) mass is 290 g/mol. The van der Waals surface area contributed by atoms with Gasteiger partial charge in [-0.15, -0.1) is 0 Å². The first-order valence-electron chi connectivity index (χ1n) is 8.18. The van der Waals surface area contributed by atoms with Crippen molar-refractivity contribution in [3.05, 3.63) is 35.9 Å². The standard InChI is InChI=1S/C15H22N2O.C3H8/c1-12-10-16-8-7-14(12)9-15(18)17-11-13-5-3-2-4-6-13;1-3-2/h2-6,12,14,16H,7-11H2,1H3,(H,17,18);3H2,1-2H3/t12-,14+;/m1./s1. The number of piperidine rings is 1. The number of carbonyl (C=O) groups excluding carboxylic acids is 1. The Morgan fingerprint density at radius 3 is 2.57 bits per heavy atom. The number of nitrogens with one attached hydrogen (secondary N) is 2. The van der Waals surface area contributed by atoms with Crippen LogP contribution < -0.4 is 10.6 Å². The lowest BCUT2D eigenvalue weighted by atomic mass is 9.85. The highest BCUT2D eigenvalue weighted by molar-refractivity contribution is 5.76. The van der Waals surface area contributed by atoms with Crippen molar-refractivity contribution in [2.24, 2.45) is 11.8 Å². The van der Waals surface area contributed by atoms with Crippen LogP contribution in [0, 0.1) is 11.8 Å². The van der Waals surface area contributed by atoms with E-state index in [1.807, 2.05) is 30.3 Å². The van der Waals surface area contributed by atoms with Gasteiger partial charge in [-0.1, -0.05) is 57.5 Å². The largest absolute Gasteiger partial charge is 0.352 e. The van der Waals surface area contributed by atoms with Gasteiger partial charge in [0.15, 0.2) is 0 Å². The molecule has 1 aromatic carbocycles. The predicted molar refractivity (Wildman–Crippen MR) is 89.0 cm³/mol. The van der Waals surface area contributed by atoms with E-state index in [4.69, 9.17) is 0 Å². The number of rotatable bonds is 4. The van der Waals surface area contributed by atoms with E-state index < -0.39 is 0 Å². The van der Waals surface area contributed by atoms with Crippen molar-refractivity contribution >= 4 is 5.91 Å². The Morgan fingerprint density at radius 2 is 1.95 bits per heavy atom. The van der Waals surface area contributed by atoms with E-state index in [1.54, 1.807) is 0 Å². The molecule has 3 heteroatoms. The second-order valence-corrected chi connectivity index (χ2v) is 5.90. The Labute approximate surface area is 129 Å². The molecule has 2 atom stereocenters. The minimum absolute atomic E-state index is 0.178. The minimum atomic E-state index is 0.178. The van der Waals surface area contributed by atoms with Gasteiger partial charge in [0.1, 0.15) is 0 Å². The lowest BCUT2D eigenvalue weighted by molar-refractivity contribution is -0.122. The molecule has 118 valence electrons. The molecule has 0 saturated carbocycles. The van der Waals surface area contributed by atoms with Crippen LogP contribution in [0.25, 0.3) is 0 Å². The van der Waals surface area contributed by atoms with Gasteiger partial charge < -0.3 is 10.6 Å². The molecule has 0 aliphatic carbocycles. The van der Waals surface area contributed by atoms with Gasteiger partial charge >= 0.3 is 0 Å². The normalized spacial score (nSPS) is 21.1. The van der Waals surface area contributed by atoms with Crippen LogP contribution in [0.2, 0.25) is 0 Å². The molecular formula is C18H30N2O. The Kier molecular flexibility index (Phi) is 8.76. The number of hydrogen-bond donors (Lipinski definition) is 2. The maximum atomic E-state index is 11.9. The van der Waals surface area contributed by atoms with Gasteiger partial charge in [-0.05, 0) is 36.9 Å². The number of carbonyl (C=O) groups is 1. The van der Waals surface area contributed by atoms with Crippen molar-refractivity contribution in [3.63, 3.8) is 0 Å². The Bertz CT molecular complexity index is 391. The lowest BCUT2D eigenvalue weighted by Crippen LogP contribution is -2.37. The average Bonchev–Trinajstić information content (AvgIpc) is 2.49. The lowest BCUT2D eigenvalue weighted by Gasteiger charge is -2.28. The summed E-state index contributed by atoms with van der Waals surface area (Å²) in [6, 6.07) is 10.1. The van der Waals surface area contributed by atoms with Gasteiger partial charge in [0.05, 0.1) is 0 Å². The van der Waals surface area contributed by atoms with Crippen LogP contribution in [-0.2, 0) is 11.3 Å². The molecule has 0 unspecified atom stereocenters. The van der Waals surface area contributed by atoms with Crippen LogP contribution >= 0.6 is 0 Å². The second kappa shape index (κ2) is 10.4. The molecule has 1 saturated heterocycles. The molecule has 1 aliphatic heterocycles. The average molecular weight is 290 g/mol. The van der Waals surface area contributed by atoms with Gasteiger partial charge in [-0.2, -0.15) is 0 Å². The van der Waals surface area contributed by atoms with E-state index in [1.165, 1.54) is 6.42 Å². The van der Waals surface area contributed by atoms with Crippen molar-refractivity contribution in [3.8, 4) is 0 Å². The van der Waals surface area contributed by atoms with Crippen LogP contribution in [0.1, 0.15) is 45.6 Å². The first-order valence-corrected chi connectivity index (χ1v) is 8.18. The summed E-state index contributed by atoms with van der Waals surface area (Å²) in [5.41, 5.74) is 1.16. The molecule has 0 bridgehead atoms. The molecule has 1 amide bonds.